The zero-order valence-electron chi connectivity index (χ0n) is 11.1. The number of benzene rings is 1. The highest BCUT2D eigenvalue weighted by molar-refractivity contribution is 5.29. The summed E-state index contributed by atoms with van der Waals surface area (Å²) in [5, 5.41) is 0. The molecule has 1 unspecified atom stereocenters. The fourth-order valence-corrected chi connectivity index (χ4v) is 2.67. The Morgan fingerprint density at radius 2 is 2.06 bits per heavy atom. The third-order valence-corrected chi connectivity index (χ3v) is 3.98. The first kappa shape index (κ1) is 12.6. The van der Waals surface area contributed by atoms with Crippen molar-refractivity contribution in [3.63, 3.8) is 0 Å². The van der Waals surface area contributed by atoms with Crippen molar-refractivity contribution in [2.75, 3.05) is 13.1 Å². The molecule has 2 rings (SSSR count). The van der Waals surface area contributed by atoms with Gasteiger partial charge in [0.1, 0.15) is 0 Å². The van der Waals surface area contributed by atoms with Gasteiger partial charge in [-0.3, -0.25) is 4.90 Å². The van der Waals surface area contributed by atoms with Crippen molar-refractivity contribution in [2.24, 2.45) is 5.73 Å². The summed E-state index contributed by atoms with van der Waals surface area (Å²) in [5.41, 5.74) is 10.1. The van der Waals surface area contributed by atoms with Gasteiger partial charge >= 0.3 is 0 Å². The molecule has 0 aromatic heterocycles. The van der Waals surface area contributed by atoms with Gasteiger partial charge in [0.15, 0.2) is 0 Å². The van der Waals surface area contributed by atoms with Gasteiger partial charge in [0.2, 0.25) is 0 Å². The van der Waals surface area contributed by atoms with Gasteiger partial charge in [-0.1, -0.05) is 24.6 Å². The van der Waals surface area contributed by atoms with E-state index in [9.17, 15) is 0 Å². The average Bonchev–Trinajstić information content (AvgIpc) is 2.34. The summed E-state index contributed by atoms with van der Waals surface area (Å²) in [4.78, 5) is 2.55. The molecule has 2 heteroatoms. The van der Waals surface area contributed by atoms with Gasteiger partial charge < -0.3 is 5.73 Å². The highest BCUT2D eigenvalue weighted by Gasteiger charge is 2.20. The van der Waals surface area contributed by atoms with E-state index in [0.29, 0.717) is 6.04 Å². The molecule has 1 fully saturated rings. The van der Waals surface area contributed by atoms with E-state index in [1.54, 1.807) is 0 Å². The second-order valence-corrected chi connectivity index (χ2v) is 5.27. The summed E-state index contributed by atoms with van der Waals surface area (Å²) in [6.45, 7) is 7.42. The molecule has 0 bridgehead atoms. The maximum Gasteiger partial charge on any atom is 0.0237 e. The van der Waals surface area contributed by atoms with Crippen molar-refractivity contribution < 1.29 is 0 Å². The molecular weight excluding hydrogens is 208 g/mol. The first-order chi connectivity index (χ1) is 8.20. The van der Waals surface area contributed by atoms with Gasteiger partial charge in [0.05, 0.1) is 0 Å². The lowest BCUT2D eigenvalue weighted by molar-refractivity contribution is 0.145. The number of nitrogens with zero attached hydrogens (tertiary/aromatic N) is 1. The summed E-state index contributed by atoms with van der Waals surface area (Å²) >= 11 is 0. The van der Waals surface area contributed by atoms with Crippen LogP contribution in [-0.2, 0) is 6.54 Å². The van der Waals surface area contributed by atoms with E-state index < -0.39 is 0 Å². The number of nitrogens with two attached hydrogens (primary N) is 1. The molecule has 1 aromatic rings. The quantitative estimate of drug-likeness (QED) is 0.868. The fraction of sp³-hybridized carbons (Fsp3) is 0.600. The lowest BCUT2D eigenvalue weighted by Gasteiger charge is -2.35. The Morgan fingerprint density at radius 3 is 2.76 bits per heavy atom. The molecule has 1 aliphatic rings. The summed E-state index contributed by atoms with van der Waals surface area (Å²) in [6, 6.07) is 7.39. The number of likely N-dealkylation sites (tertiary alicyclic amines) is 1. The monoisotopic (exact) mass is 232 g/mol. The third kappa shape index (κ3) is 3.08. The zero-order chi connectivity index (χ0) is 12.3. The molecule has 0 radical (unpaired) electrons. The number of hydrogen-bond acceptors (Lipinski definition) is 2. The van der Waals surface area contributed by atoms with E-state index in [-0.39, 0.29) is 0 Å². The molecule has 1 atom stereocenters. The highest BCUT2D eigenvalue weighted by atomic mass is 15.2. The minimum atomic E-state index is 0.588. The molecule has 0 spiro atoms. The Bertz CT molecular complexity index is 373. The summed E-state index contributed by atoms with van der Waals surface area (Å²) < 4.78 is 0. The zero-order valence-corrected chi connectivity index (χ0v) is 11.1. The average molecular weight is 232 g/mol. The van der Waals surface area contributed by atoms with Crippen molar-refractivity contribution in [2.45, 2.75) is 45.7 Å². The van der Waals surface area contributed by atoms with Gasteiger partial charge in [0.25, 0.3) is 0 Å². The summed E-state index contributed by atoms with van der Waals surface area (Å²) in [7, 11) is 0. The Balaban J connectivity index is 2.05. The Kier molecular flexibility index (Phi) is 4.19. The van der Waals surface area contributed by atoms with Crippen LogP contribution in [0.25, 0.3) is 0 Å². The van der Waals surface area contributed by atoms with Crippen LogP contribution in [0, 0.1) is 13.8 Å². The van der Waals surface area contributed by atoms with Gasteiger partial charge in [-0.25, -0.2) is 0 Å². The first-order valence-corrected chi connectivity index (χ1v) is 6.71. The van der Waals surface area contributed by atoms with Crippen molar-refractivity contribution in [3.05, 3.63) is 34.9 Å². The summed E-state index contributed by atoms with van der Waals surface area (Å²) in [5.74, 6) is 0. The van der Waals surface area contributed by atoms with Crippen molar-refractivity contribution >= 4 is 0 Å². The predicted molar refractivity (Wildman–Crippen MR) is 73.0 cm³/mol. The predicted octanol–water partition coefficient (Wildman–Crippen LogP) is 2.62. The normalized spacial score (nSPS) is 21.7. The van der Waals surface area contributed by atoms with Crippen LogP contribution < -0.4 is 5.73 Å². The Morgan fingerprint density at radius 1 is 1.24 bits per heavy atom. The van der Waals surface area contributed by atoms with Crippen LogP contribution in [0.3, 0.4) is 0 Å². The summed E-state index contributed by atoms with van der Waals surface area (Å²) in [6.07, 6.45) is 3.92. The molecule has 0 aliphatic carbocycles. The molecule has 1 aromatic carbocycles. The van der Waals surface area contributed by atoms with Crippen LogP contribution in [0.1, 0.15) is 36.0 Å². The molecule has 94 valence electrons. The molecule has 1 heterocycles. The minimum absolute atomic E-state index is 0.588. The number of aryl methyl sites for hydroxylation is 2. The molecule has 17 heavy (non-hydrogen) atoms. The van der Waals surface area contributed by atoms with Gasteiger partial charge in [-0.2, -0.15) is 0 Å². The smallest absolute Gasteiger partial charge is 0.0237 e. The molecule has 2 N–H and O–H groups in total. The number of rotatable bonds is 3. The van der Waals surface area contributed by atoms with Crippen LogP contribution >= 0.6 is 0 Å². The maximum absolute atomic E-state index is 5.86. The van der Waals surface area contributed by atoms with E-state index in [1.807, 2.05) is 0 Å². The van der Waals surface area contributed by atoms with E-state index in [0.717, 1.165) is 13.1 Å². The molecule has 0 amide bonds. The van der Waals surface area contributed by atoms with Crippen LogP contribution in [0.2, 0.25) is 0 Å². The van der Waals surface area contributed by atoms with Gasteiger partial charge in [-0.05, 0) is 49.9 Å². The van der Waals surface area contributed by atoms with E-state index in [4.69, 9.17) is 5.73 Å². The molecule has 2 nitrogen and oxygen atoms in total. The topological polar surface area (TPSA) is 29.3 Å². The van der Waals surface area contributed by atoms with E-state index >= 15 is 0 Å². The van der Waals surface area contributed by atoms with Gasteiger partial charge in [-0.15, -0.1) is 0 Å². The number of piperidine rings is 1. The van der Waals surface area contributed by atoms with Gasteiger partial charge in [0, 0.05) is 19.1 Å². The van der Waals surface area contributed by atoms with Crippen molar-refractivity contribution in [1.82, 2.24) is 4.90 Å². The molecule has 1 aliphatic heterocycles. The van der Waals surface area contributed by atoms with Crippen LogP contribution in [-0.4, -0.2) is 24.0 Å². The Labute approximate surface area is 105 Å². The van der Waals surface area contributed by atoms with Crippen molar-refractivity contribution in [1.29, 1.82) is 0 Å². The lowest BCUT2D eigenvalue weighted by Crippen LogP contribution is -2.43. The lowest BCUT2D eigenvalue weighted by atomic mass is 10.00. The van der Waals surface area contributed by atoms with E-state index in [1.165, 1.54) is 42.5 Å². The fourth-order valence-electron chi connectivity index (χ4n) is 2.67. The van der Waals surface area contributed by atoms with Crippen molar-refractivity contribution in [3.8, 4) is 0 Å². The standard InChI is InChI=1S/C15H24N2/c1-12-6-7-14(9-13(12)2)11-17-8-4-3-5-15(17)10-16/h6-7,9,15H,3-5,8,10-11,16H2,1-2H3. The third-order valence-electron chi connectivity index (χ3n) is 3.98. The second-order valence-electron chi connectivity index (χ2n) is 5.27. The first-order valence-electron chi connectivity index (χ1n) is 6.71. The Hall–Kier alpha value is -0.860. The van der Waals surface area contributed by atoms with E-state index in [2.05, 4.69) is 36.9 Å². The van der Waals surface area contributed by atoms with Crippen LogP contribution in [0.15, 0.2) is 18.2 Å². The largest absolute Gasteiger partial charge is 0.329 e. The maximum atomic E-state index is 5.86. The molecule has 0 saturated carbocycles. The number of hydrogen-bond donors (Lipinski definition) is 1. The molecule has 1 saturated heterocycles. The van der Waals surface area contributed by atoms with Crippen LogP contribution in [0.4, 0.5) is 0 Å². The van der Waals surface area contributed by atoms with Crippen LogP contribution in [0.5, 0.6) is 0 Å². The molecular formula is C15H24N2. The SMILES string of the molecule is Cc1ccc(CN2CCCCC2CN)cc1C. The highest BCUT2D eigenvalue weighted by Crippen LogP contribution is 2.20. The second kappa shape index (κ2) is 5.65. The minimum Gasteiger partial charge on any atom is -0.329 e.